The first kappa shape index (κ1) is 19.0. The van der Waals surface area contributed by atoms with Gasteiger partial charge >= 0.3 is 0 Å². The number of aliphatic imine (C=N–C) groups is 1. The van der Waals surface area contributed by atoms with E-state index < -0.39 is 0 Å². The Kier molecular flexibility index (Phi) is 8.52. The van der Waals surface area contributed by atoms with E-state index in [4.69, 9.17) is 4.74 Å². The van der Waals surface area contributed by atoms with Gasteiger partial charge in [0.25, 0.3) is 0 Å². The topological polar surface area (TPSA) is 58.5 Å². The average molecular weight is 418 g/mol. The van der Waals surface area contributed by atoms with Gasteiger partial charge in [0.2, 0.25) is 5.88 Å². The van der Waals surface area contributed by atoms with Crippen molar-refractivity contribution in [1.29, 1.82) is 0 Å². The first-order valence-electron chi connectivity index (χ1n) is 7.76. The van der Waals surface area contributed by atoms with Crippen molar-refractivity contribution in [3.05, 3.63) is 23.9 Å². The summed E-state index contributed by atoms with van der Waals surface area (Å²) < 4.78 is 5.70. The number of guanidine groups is 1. The number of ether oxygens (including phenoxy) is 1. The summed E-state index contributed by atoms with van der Waals surface area (Å²) in [6, 6.07) is 4.39. The van der Waals surface area contributed by atoms with E-state index in [9.17, 15) is 0 Å². The average Bonchev–Trinajstić information content (AvgIpc) is 3.33. The molecule has 1 atom stereocenters. The number of nitrogens with zero attached hydrogens (tertiary/aromatic N) is 2. The molecule has 0 aromatic carbocycles. The molecule has 0 bridgehead atoms. The maximum Gasteiger partial charge on any atom is 0.213 e. The number of halogens is 1. The highest BCUT2D eigenvalue weighted by Crippen LogP contribution is 2.29. The van der Waals surface area contributed by atoms with Crippen molar-refractivity contribution in [2.45, 2.75) is 45.7 Å². The second-order valence-electron chi connectivity index (χ2n) is 5.64. The van der Waals surface area contributed by atoms with Gasteiger partial charge < -0.3 is 15.4 Å². The summed E-state index contributed by atoms with van der Waals surface area (Å²) in [6.45, 7) is 5.79. The summed E-state index contributed by atoms with van der Waals surface area (Å²) in [5.74, 6) is 2.28. The Morgan fingerprint density at radius 1 is 1.50 bits per heavy atom. The van der Waals surface area contributed by atoms with Gasteiger partial charge in [-0.1, -0.05) is 6.92 Å². The monoisotopic (exact) mass is 418 g/mol. The predicted octanol–water partition coefficient (Wildman–Crippen LogP) is 2.95. The Bertz CT molecular complexity index is 477. The Hall–Kier alpha value is -1.05. The first-order chi connectivity index (χ1) is 10.2. The van der Waals surface area contributed by atoms with Crippen molar-refractivity contribution >= 4 is 29.9 Å². The van der Waals surface area contributed by atoms with E-state index in [0.717, 1.165) is 30.5 Å². The molecule has 1 aromatic heterocycles. The zero-order chi connectivity index (χ0) is 15.1. The van der Waals surface area contributed by atoms with Crippen LogP contribution in [0.25, 0.3) is 0 Å². The summed E-state index contributed by atoms with van der Waals surface area (Å²) in [5.41, 5.74) is 1.14. The molecule has 2 rings (SSSR count). The highest BCUT2D eigenvalue weighted by atomic mass is 127. The fraction of sp³-hybridized carbons (Fsp3) is 0.625. The van der Waals surface area contributed by atoms with E-state index in [1.807, 2.05) is 12.1 Å². The van der Waals surface area contributed by atoms with Crippen LogP contribution in [0.2, 0.25) is 0 Å². The number of aromatic nitrogens is 1. The Balaban J connectivity index is 0.00000242. The molecule has 5 nitrogen and oxygen atoms in total. The van der Waals surface area contributed by atoms with Crippen molar-refractivity contribution in [3.8, 4) is 5.88 Å². The van der Waals surface area contributed by atoms with Crippen LogP contribution in [0.1, 0.15) is 38.7 Å². The van der Waals surface area contributed by atoms with Gasteiger partial charge in [-0.2, -0.15) is 0 Å². The molecule has 0 saturated heterocycles. The van der Waals surface area contributed by atoms with Crippen molar-refractivity contribution in [2.75, 3.05) is 13.7 Å². The number of rotatable bonds is 7. The van der Waals surface area contributed by atoms with Gasteiger partial charge in [-0.05, 0) is 43.7 Å². The second-order valence-corrected chi connectivity index (χ2v) is 5.64. The van der Waals surface area contributed by atoms with Crippen LogP contribution in [0.4, 0.5) is 0 Å². The van der Waals surface area contributed by atoms with E-state index in [1.165, 1.54) is 12.8 Å². The molecule has 22 heavy (non-hydrogen) atoms. The summed E-state index contributed by atoms with van der Waals surface area (Å²) in [5, 5.41) is 6.65. The van der Waals surface area contributed by atoms with E-state index in [-0.39, 0.29) is 24.0 Å². The lowest BCUT2D eigenvalue weighted by molar-refractivity contribution is 0.288. The van der Waals surface area contributed by atoms with Crippen molar-refractivity contribution in [2.24, 2.45) is 10.9 Å². The predicted molar refractivity (Wildman–Crippen MR) is 101 cm³/mol. The molecule has 1 saturated carbocycles. The van der Waals surface area contributed by atoms with E-state index in [2.05, 4.69) is 34.5 Å². The van der Waals surface area contributed by atoms with Gasteiger partial charge in [-0.3, -0.25) is 4.99 Å². The highest BCUT2D eigenvalue weighted by Gasteiger charge is 2.22. The molecule has 0 radical (unpaired) electrons. The van der Waals surface area contributed by atoms with Crippen LogP contribution in [-0.2, 0) is 6.54 Å². The summed E-state index contributed by atoms with van der Waals surface area (Å²) in [6.07, 6.45) is 5.44. The normalized spacial score (nSPS) is 15.7. The summed E-state index contributed by atoms with van der Waals surface area (Å²) in [7, 11) is 1.79. The fourth-order valence-electron chi connectivity index (χ4n) is 1.84. The van der Waals surface area contributed by atoms with Crippen LogP contribution >= 0.6 is 24.0 Å². The molecule has 0 amide bonds. The van der Waals surface area contributed by atoms with E-state index in [0.29, 0.717) is 18.5 Å². The third kappa shape index (κ3) is 6.81. The molecule has 0 aliphatic heterocycles. The minimum absolute atomic E-state index is 0. The van der Waals surface area contributed by atoms with Crippen LogP contribution in [0, 0.1) is 5.92 Å². The molecule has 1 heterocycles. The highest BCUT2D eigenvalue weighted by molar-refractivity contribution is 14.0. The van der Waals surface area contributed by atoms with Gasteiger partial charge in [0.1, 0.15) is 0 Å². The van der Waals surface area contributed by atoms with E-state index in [1.54, 1.807) is 13.2 Å². The lowest BCUT2D eigenvalue weighted by Gasteiger charge is -2.16. The molecule has 124 valence electrons. The van der Waals surface area contributed by atoms with Crippen LogP contribution in [0.3, 0.4) is 0 Å². The Morgan fingerprint density at radius 2 is 2.27 bits per heavy atom. The molecule has 0 spiro atoms. The Morgan fingerprint density at radius 3 is 2.91 bits per heavy atom. The first-order valence-corrected chi connectivity index (χ1v) is 7.76. The number of nitrogens with one attached hydrogen (secondary N) is 2. The molecule has 1 aliphatic carbocycles. The fourth-order valence-corrected chi connectivity index (χ4v) is 1.84. The van der Waals surface area contributed by atoms with Crippen LogP contribution in [-0.4, -0.2) is 30.6 Å². The summed E-state index contributed by atoms with van der Waals surface area (Å²) >= 11 is 0. The van der Waals surface area contributed by atoms with Crippen LogP contribution in [0.5, 0.6) is 5.88 Å². The molecular formula is C16H27IN4O. The molecule has 1 fully saturated rings. The maximum atomic E-state index is 5.70. The van der Waals surface area contributed by atoms with Crippen molar-refractivity contribution in [3.63, 3.8) is 0 Å². The van der Waals surface area contributed by atoms with Crippen LogP contribution in [0.15, 0.2) is 23.3 Å². The quantitative estimate of drug-likeness (QED) is 0.406. The largest absolute Gasteiger partial charge is 0.477 e. The lowest BCUT2D eigenvalue weighted by Crippen LogP contribution is -2.41. The molecule has 1 aromatic rings. The third-order valence-electron chi connectivity index (χ3n) is 3.64. The SMILES string of the molecule is CCC(C)NC(=NC)NCc1ccnc(OCC2CC2)c1.I. The van der Waals surface area contributed by atoms with E-state index >= 15 is 0 Å². The smallest absolute Gasteiger partial charge is 0.213 e. The molecule has 6 heteroatoms. The number of hydrogen-bond donors (Lipinski definition) is 2. The maximum absolute atomic E-state index is 5.70. The zero-order valence-electron chi connectivity index (χ0n) is 13.6. The van der Waals surface area contributed by atoms with Gasteiger partial charge in [0, 0.05) is 31.9 Å². The molecule has 1 aliphatic rings. The standard InChI is InChI=1S/C16H26N4O.HI/c1-4-12(2)20-16(17-3)19-10-14-7-8-18-15(9-14)21-11-13-5-6-13;/h7-9,12-13H,4-6,10-11H2,1-3H3,(H2,17,19,20);1H. The van der Waals surface area contributed by atoms with Crippen molar-refractivity contribution < 1.29 is 4.74 Å². The van der Waals surface area contributed by atoms with Gasteiger partial charge in [0.05, 0.1) is 6.61 Å². The van der Waals surface area contributed by atoms with Gasteiger partial charge in [-0.15, -0.1) is 24.0 Å². The number of pyridine rings is 1. The molecule has 1 unspecified atom stereocenters. The molecular weight excluding hydrogens is 391 g/mol. The minimum atomic E-state index is 0. The number of hydrogen-bond acceptors (Lipinski definition) is 3. The molecule has 2 N–H and O–H groups in total. The van der Waals surface area contributed by atoms with Gasteiger partial charge in [-0.25, -0.2) is 4.98 Å². The minimum Gasteiger partial charge on any atom is -0.477 e. The lowest BCUT2D eigenvalue weighted by atomic mass is 10.2. The second kappa shape index (κ2) is 9.86. The van der Waals surface area contributed by atoms with Crippen molar-refractivity contribution in [1.82, 2.24) is 15.6 Å². The third-order valence-corrected chi connectivity index (χ3v) is 3.64. The zero-order valence-corrected chi connectivity index (χ0v) is 16.0. The summed E-state index contributed by atoms with van der Waals surface area (Å²) in [4.78, 5) is 8.48. The Labute approximate surface area is 150 Å². The van der Waals surface area contributed by atoms with Gasteiger partial charge in [0.15, 0.2) is 5.96 Å². The van der Waals surface area contributed by atoms with Crippen LogP contribution < -0.4 is 15.4 Å².